The van der Waals surface area contributed by atoms with Crippen molar-refractivity contribution >= 4 is 23.7 Å². The average Bonchev–Trinajstić information content (AvgIpc) is 2.40. The second-order valence-corrected chi connectivity index (χ2v) is 4.91. The lowest BCUT2D eigenvalue weighted by Crippen LogP contribution is -2.09. The fourth-order valence-corrected chi connectivity index (χ4v) is 2.16. The van der Waals surface area contributed by atoms with Crippen LogP contribution in [0.4, 0.5) is 0 Å². The molecule has 0 spiro atoms. The van der Waals surface area contributed by atoms with Crippen LogP contribution in [0, 0.1) is 0 Å². The zero-order chi connectivity index (χ0) is 14.5. The maximum absolute atomic E-state index is 9.10. The molecular weight excluding hydrogens is 266 g/mol. The highest BCUT2D eigenvalue weighted by molar-refractivity contribution is 7.99. The van der Waals surface area contributed by atoms with Gasteiger partial charge in [-0.15, -0.1) is 0 Å². The van der Waals surface area contributed by atoms with Crippen molar-refractivity contribution in [3.63, 3.8) is 0 Å². The maximum atomic E-state index is 9.10. The van der Waals surface area contributed by atoms with E-state index < -0.39 is 11.9 Å². The Morgan fingerprint density at radius 1 is 1.16 bits per heavy atom. The second-order valence-electron chi connectivity index (χ2n) is 3.68. The lowest BCUT2D eigenvalue weighted by atomic mass is 10.2. The van der Waals surface area contributed by atoms with Crippen LogP contribution in [0.15, 0.2) is 24.5 Å². The third-order valence-corrected chi connectivity index (χ3v) is 3.18. The summed E-state index contributed by atoms with van der Waals surface area (Å²) in [5.74, 6) is -1.10. The largest absolute Gasteiger partial charge is 0.473 e. The molecule has 5 nitrogen and oxygen atoms in total. The first kappa shape index (κ1) is 17.4. The number of hydrogen-bond donors (Lipinski definition) is 2. The van der Waals surface area contributed by atoms with Crippen molar-refractivity contribution in [1.29, 1.82) is 0 Å². The summed E-state index contributed by atoms with van der Waals surface area (Å²) in [6.45, 7) is 2.24. The van der Waals surface area contributed by atoms with Gasteiger partial charge < -0.3 is 10.2 Å². The third kappa shape index (κ3) is 11.3. The fraction of sp³-hybridized carbons (Fsp3) is 0.462. The van der Waals surface area contributed by atoms with Gasteiger partial charge >= 0.3 is 11.9 Å². The van der Waals surface area contributed by atoms with Gasteiger partial charge in [0.25, 0.3) is 0 Å². The molecule has 0 unspecified atom stereocenters. The molecule has 0 amide bonds. The Bertz CT molecular complexity index is 358. The van der Waals surface area contributed by atoms with Crippen molar-refractivity contribution in [1.82, 2.24) is 4.98 Å². The minimum atomic E-state index is -1.82. The summed E-state index contributed by atoms with van der Waals surface area (Å²) in [6, 6.07) is 4.20. The maximum Gasteiger partial charge on any atom is 0.414 e. The topological polar surface area (TPSA) is 87.5 Å². The summed E-state index contributed by atoms with van der Waals surface area (Å²) in [5, 5.41) is 14.8. The number of carbonyl (C=O) groups is 2. The molecule has 0 atom stereocenters. The molecule has 0 saturated carbocycles. The van der Waals surface area contributed by atoms with Gasteiger partial charge in [0.15, 0.2) is 0 Å². The predicted molar refractivity (Wildman–Crippen MR) is 75.4 cm³/mol. The number of nitrogens with zero attached hydrogens (tertiary/aromatic N) is 1. The average molecular weight is 285 g/mol. The molecule has 1 aromatic rings. The quantitative estimate of drug-likeness (QED) is 0.616. The number of aryl methyl sites for hydroxylation is 1. The first-order chi connectivity index (χ1) is 9.07. The number of aromatic nitrogens is 1. The lowest BCUT2D eigenvalue weighted by molar-refractivity contribution is -0.159. The van der Waals surface area contributed by atoms with Crippen molar-refractivity contribution in [2.75, 3.05) is 11.5 Å². The summed E-state index contributed by atoms with van der Waals surface area (Å²) in [6.07, 6.45) is 7.57. The molecule has 6 heteroatoms. The number of unbranched alkanes of at least 4 members (excludes halogenated alkanes) is 1. The van der Waals surface area contributed by atoms with Crippen LogP contribution in [0.2, 0.25) is 0 Å². The minimum absolute atomic E-state index is 1.18. The van der Waals surface area contributed by atoms with Crippen molar-refractivity contribution < 1.29 is 19.8 Å². The standard InChI is InChI=1S/C11H17NS.C2H2O4/c1-2-3-9-13-10-6-11-4-7-12-8-5-11;3-1(4)2(5)6/h4-5,7-8H,2-3,6,9-10H2,1H3;(H,3,4)(H,5,6). The Kier molecular flexibility index (Phi) is 10.6. The van der Waals surface area contributed by atoms with Gasteiger partial charge in [-0.05, 0) is 42.0 Å². The van der Waals surface area contributed by atoms with Crippen LogP contribution in [0.5, 0.6) is 0 Å². The number of aliphatic carboxylic acids is 2. The van der Waals surface area contributed by atoms with Crippen LogP contribution in [0.25, 0.3) is 0 Å². The number of carboxylic acid groups (broad SMARTS) is 2. The second kappa shape index (κ2) is 11.5. The highest BCUT2D eigenvalue weighted by Gasteiger charge is 2.04. The van der Waals surface area contributed by atoms with E-state index in [2.05, 4.69) is 35.8 Å². The summed E-state index contributed by atoms with van der Waals surface area (Å²) in [4.78, 5) is 22.2. The number of hydrogen-bond acceptors (Lipinski definition) is 4. The van der Waals surface area contributed by atoms with Gasteiger partial charge in [0.1, 0.15) is 0 Å². The Morgan fingerprint density at radius 3 is 2.21 bits per heavy atom. The first-order valence-corrected chi connectivity index (χ1v) is 7.16. The van der Waals surface area contributed by atoms with E-state index in [1.807, 2.05) is 12.4 Å². The lowest BCUT2D eigenvalue weighted by Gasteiger charge is -2.00. The summed E-state index contributed by atoms with van der Waals surface area (Å²) < 4.78 is 0. The molecule has 1 aromatic heterocycles. The molecule has 0 fully saturated rings. The van der Waals surface area contributed by atoms with Crippen molar-refractivity contribution in [2.45, 2.75) is 26.2 Å². The van der Waals surface area contributed by atoms with E-state index >= 15 is 0 Å². The van der Waals surface area contributed by atoms with Gasteiger partial charge in [0.2, 0.25) is 0 Å². The Hall–Kier alpha value is -1.56. The van der Waals surface area contributed by atoms with E-state index in [9.17, 15) is 0 Å². The Morgan fingerprint density at radius 2 is 1.74 bits per heavy atom. The van der Waals surface area contributed by atoms with Crippen LogP contribution in [0.3, 0.4) is 0 Å². The molecule has 0 saturated heterocycles. The number of rotatable bonds is 6. The molecular formula is C13H19NO4S. The molecule has 0 aromatic carbocycles. The number of thioether (sulfide) groups is 1. The van der Waals surface area contributed by atoms with Crippen LogP contribution < -0.4 is 0 Å². The van der Waals surface area contributed by atoms with Crippen molar-refractivity contribution in [3.8, 4) is 0 Å². The van der Waals surface area contributed by atoms with Crippen molar-refractivity contribution in [2.24, 2.45) is 0 Å². The van der Waals surface area contributed by atoms with E-state index in [-0.39, 0.29) is 0 Å². The van der Waals surface area contributed by atoms with E-state index in [0.717, 1.165) is 0 Å². The van der Waals surface area contributed by atoms with Gasteiger partial charge in [-0.1, -0.05) is 13.3 Å². The summed E-state index contributed by atoms with van der Waals surface area (Å²) >= 11 is 2.05. The molecule has 1 heterocycles. The van der Waals surface area contributed by atoms with Gasteiger partial charge in [-0.2, -0.15) is 11.8 Å². The van der Waals surface area contributed by atoms with Crippen LogP contribution in [0.1, 0.15) is 25.3 Å². The van der Waals surface area contributed by atoms with E-state index in [1.165, 1.54) is 36.3 Å². The van der Waals surface area contributed by atoms with Gasteiger partial charge in [-0.25, -0.2) is 9.59 Å². The van der Waals surface area contributed by atoms with Crippen LogP contribution in [-0.2, 0) is 16.0 Å². The SMILES string of the molecule is CCCCSCCc1ccncc1.O=C(O)C(=O)O. The molecule has 2 N–H and O–H groups in total. The normalized spacial score (nSPS) is 9.32. The predicted octanol–water partition coefficient (Wildman–Crippen LogP) is 2.31. The Labute approximate surface area is 117 Å². The zero-order valence-electron chi connectivity index (χ0n) is 10.9. The smallest absolute Gasteiger partial charge is 0.414 e. The molecule has 0 radical (unpaired) electrons. The third-order valence-electron chi connectivity index (χ3n) is 2.11. The Balaban J connectivity index is 0.000000459. The van der Waals surface area contributed by atoms with Gasteiger partial charge in [-0.3, -0.25) is 4.98 Å². The van der Waals surface area contributed by atoms with E-state index in [1.54, 1.807) is 0 Å². The molecule has 19 heavy (non-hydrogen) atoms. The monoisotopic (exact) mass is 285 g/mol. The molecule has 0 bridgehead atoms. The molecule has 1 rings (SSSR count). The highest BCUT2D eigenvalue weighted by Crippen LogP contribution is 2.08. The van der Waals surface area contributed by atoms with E-state index in [0.29, 0.717) is 0 Å². The number of carboxylic acids is 2. The van der Waals surface area contributed by atoms with Crippen LogP contribution in [-0.4, -0.2) is 38.6 Å². The van der Waals surface area contributed by atoms with Gasteiger partial charge in [0.05, 0.1) is 0 Å². The minimum Gasteiger partial charge on any atom is -0.473 e. The molecule has 106 valence electrons. The number of pyridine rings is 1. The summed E-state index contributed by atoms with van der Waals surface area (Å²) in [5.41, 5.74) is 1.40. The van der Waals surface area contributed by atoms with E-state index in [4.69, 9.17) is 19.8 Å². The highest BCUT2D eigenvalue weighted by atomic mass is 32.2. The zero-order valence-corrected chi connectivity index (χ0v) is 11.7. The fourth-order valence-electron chi connectivity index (χ4n) is 1.09. The van der Waals surface area contributed by atoms with Gasteiger partial charge in [0, 0.05) is 12.4 Å². The van der Waals surface area contributed by atoms with Crippen molar-refractivity contribution in [3.05, 3.63) is 30.1 Å². The molecule has 0 aliphatic heterocycles. The molecule has 0 aliphatic rings. The van der Waals surface area contributed by atoms with Crippen LogP contribution >= 0.6 is 11.8 Å². The first-order valence-electron chi connectivity index (χ1n) is 6.00. The summed E-state index contributed by atoms with van der Waals surface area (Å²) in [7, 11) is 0. The molecule has 0 aliphatic carbocycles.